The highest BCUT2D eigenvalue weighted by molar-refractivity contribution is 6.32. The maximum Gasteiger partial charge on any atom is 0.271 e. The lowest BCUT2D eigenvalue weighted by Gasteiger charge is -2.18. The van der Waals surface area contributed by atoms with Gasteiger partial charge in [0.1, 0.15) is 5.75 Å². The maximum atomic E-state index is 12.3. The lowest BCUT2D eigenvalue weighted by molar-refractivity contribution is -0.384. The predicted octanol–water partition coefficient (Wildman–Crippen LogP) is 3.35. The predicted molar refractivity (Wildman–Crippen MR) is 104 cm³/mol. The maximum absolute atomic E-state index is 12.3. The van der Waals surface area contributed by atoms with E-state index >= 15 is 0 Å². The number of amides is 1. The zero-order chi connectivity index (χ0) is 20.7. The fourth-order valence-electron chi connectivity index (χ4n) is 2.43. The van der Waals surface area contributed by atoms with Gasteiger partial charge in [0, 0.05) is 25.7 Å². The summed E-state index contributed by atoms with van der Waals surface area (Å²) in [6.45, 7) is 0.256. The van der Waals surface area contributed by atoms with Crippen LogP contribution in [0.2, 0.25) is 5.02 Å². The zero-order valence-electron chi connectivity index (χ0n) is 15.8. The quantitative estimate of drug-likeness (QED) is 0.466. The Kier molecular flexibility index (Phi) is 7.45. The second-order valence-corrected chi connectivity index (χ2v) is 6.32. The van der Waals surface area contributed by atoms with Crippen molar-refractivity contribution in [2.24, 2.45) is 0 Å². The van der Waals surface area contributed by atoms with Crippen LogP contribution in [0, 0.1) is 10.1 Å². The number of carbonyl (C=O) groups excluding carboxylic acids is 1. The highest BCUT2D eigenvalue weighted by Crippen LogP contribution is 2.29. The monoisotopic (exact) mass is 408 g/mol. The van der Waals surface area contributed by atoms with Crippen molar-refractivity contribution in [2.45, 2.75) is 6.42 Å². The number of ether oxygens (including phenoxy) is 3. The van der Waals surface area contributed by atoms with Gasteiger partial charge in [-0.1, -0.05) is 17.7 Å². The molecule has 0 fully saturated rings. The molecule has 0 unspecified atom stereocenters. The number of carbonyl (C=O) groups is 1. The number of likely N-dealkylation sites (N-methyl/N-ethyl adjacent to an activating group) is 1. The van der Waals surface area contributed by atoms with Crippen molar-refractivity contribution in [3.05, 3.63) is 57.1 Å². The van der Waals surface area contributed by atoms with Crippen LogP contribution in [0.15, 0.2) is 36.4 Å². The molecule has 0 aliphatic carbocycles. The SMILES string of the molecule is COc1ccc(CCN(C)C(=O)COc2ccc([N+](=O)[O-])cc2Cl)cc1OC. The molecule has 0 atom stereocenters. The van der Waals surface area contributed by atoms with Crippen LogP contribution in [-0.2, 0) is 11.2 Å². The van der Waals surface area contributed by atoms with Crippen molar-refractivity contribution in [3.63, 3.8) is 0 Å². The van der Waals surface area contributed by atoms with Gasteiger partial charge in [0.25, 0.3) is 11.6 Å². The zero-order valence-corrected chi connectivity index (χ0v) is 16.6. The standard InChI is InChI=1S/C19H21ClN2O6/c1-21(9-8-13-4-6-17(26-2)18(10-13)27-3)19(23)12-28-16-7-5-14(22(24)25)11-15(16)20/h4-7,10-11H,8-9,12H2,1-3H3. The van der Waals surface area contributed by atoms with Gasteiger partial charge < -0.3 is 19.1 Å². The van der Waals surface area contributed by atoms with E-state index in [9.17, 15) is 14.9 Å². The first kappa shape index (κ1) is 21.3. The molecular formula is C19H21ClN2O6. The van der Waals surface area contributed by atoms with Gasteiger partial charge in [-0.25, -0.2) is 0 Å². The molecule has 2 aromatic rings. The molecule has 0 bridgehead atoms. The van der Waals surface area contributed by atoms with Crippen molar-refractivity contribution in [1.29, 1.82) is 0 Å². The normalized spacial score (nSPS) is 10.3. The second kappa shape index (κ2) is 9.80. The van der Waals surface area contributed by atoms with Gasteiger partial charge >= 0.3 is 0 Å². The van der Waals surface area contributed by atoms with Crippen LogP contribution >= 0.6 is 11.6 Å². The number of benzene rings is 2. The van der Waals surface area contributed by atoms with Gasteiger partial charge in [-0.05, 0) is 30.2 Å². The molecular weight excluding hydrogens is 388 g/mol. The Labute approximate surface area is 167 Å². The van der Waals surface area contributed by atoms with E-state index in [0.29, 0.717) is 24.5 Å². The van der Waals surface area contributed by atoms with Crippen LogP contribution in [-0.4, -0.2) is 50.1 Å². The summed E-state index contributed by atoms with van der Waals surface area (Å²) in [6.07, 6.45) is 0.626. The lowest BCUT2D eigenvalue weighted by atomic mass is 10.1. The third kappa shape index (κ3) is 5.50. The fourth-order valence-corrected chi connectivity index (χ4v) is 2.66. The number of rotatable bonds is 9. The number of nitro benzene ring substituents is 1. The summed E-state index contributed by atoms with van der Waals surface area (Å²) in [5.74, 6) is 1.25. The van der Waals surface area contributed by atoms with E-state index in [-0.39, 0.29) is 29.0 Å². The topological polar surface area (TPSA) is 91.1 Å². The molecule has 2 rings (SSSR count). The molecule has 0 saturated heterocycles. The molecule has 8 nitrogen and oxygen atoms in total. The molecule has 9 heteroatoms. The van der Waals surface area contributed by atoms with E-state index < -0.39 is 4.92 Å². The first-order valence-electron chi connectivity index (χ1n) is 8.37. The summed E-state index contributed by atoms with van der Waals surface area (Å²) in [5, 5.41) is 10.8. The fraction of sp³-hybridized carbons (Fsp3) is 0.316. The van der Waals surface area contributed by atoms with E-state index in [1.807, 2.05) is 18.2 Å². The Morgan fingerprint density at radius 1 is 1.11 bits per heavy atom. The first-order valence-corrected chi connectivity index (χ1v) is 8.75. The van der Waals surface area contributed by atoms with Gasteiger partial charge in [0.15, 0.2) is 18.1 Å². The third-order valence-corrected chi connectivity index (χ3v) is 4.38. The molecule has 0 radical (unpaired) electrons. The van der Waals surface area contributed by atoms with E-state index in [1.165, 1.54) is 23.1 Å². The summed E-state index contributed by atoms with van der Waals surface area (Å²) in [4.78, 5) is 24.0. The molecule has 0 N–H and O–H groups in total. The number of hydrogen-bond acceptors (Lipinski definition) is 6. The first-order chi connectivity index (χ1) is 13.3. The van der Waals surface area contributed by atoms with Gasteiger partial charge in [-0.2, -0.15) is 0 Å². The highest BCUT2D eigenvalue weighted by atomic mass is 35.5. The average Bonchev–Trinajstić information content (AvgIpc) is 2.70. The third-order valence-electron chi connectivity index (χ3n) is 4.09. The van der Waals surface area contributed by atoms with Crippen molar-refractivity contribution in [1.82, 2.24) is 4.90 Å². The Hall–Kier alpha value is -3.00. The number of hydrogen-bond donors (Lipinski definition) is 0. The largest absolute Gasteiger partial charge is 0.493 e. The van der Waals surface area contributed by atoms with Crippen molar-refractivity contribution in [2.75, 3.05) is 34.4 Å². The summed E-state index contributed by atoms with van der Waals surface area (Å²) in [6, 6.07) is 9.42. The van der Waals surface area contributed by atoms with E-state index in [4.69, 9.17) is 25.8 Å². The molecule has 150 valence electrons. The minimum atomic E-state index is -0.553. The molecule has 0 heterocycles. The number of halogens is 1. The van der Waals surface area contributed by atoms with Crippen LogP contribution in [0.3, 0.4) is 0 Å². The Balaban J connectivity index is 1.89. The van der Waals surface area contributed by atoms with Gasteiger partial charge in [0.2, 0.25) is 0 Å². The lowest BCUT2D eigenvalue weighted by Crippen LogP contribution is -2.33. The summed E-state index contributed by atoms with van der Waals surface area (Å²) < 4.78 is 15.9. The summed E-state index contributed by atoms with van der Waals surface area (Å²) in [7, 11) is 4.81. The van der Waals surface area contributed by atoms with Gasteiger partial charge in [0.05, 0.1) is 24.2 Å². The number of nitrogens with zero attached hydrogens (tertiary/aromatic N) is 2. The Morgan fingerprint density at radius 2 is 1.79 bits per heavy atom. The van der Waals surface area contributed by atoms with Crippen LogP contribution in [0.5, 0.6) is 17.2 Å². The smallest absolute Gasteiger partial charge is 0.271 e. The molecule has 0 spiro atoms. The number of non-ortho nitro benzene ring substituents is 1. The minimum Gasteiger partial charge on any atom is -0.493 e. The molecule has 1 amide bonds. The van der Waals surface area contributed by atoms with Crippen LogP contribution in [0.25, 0.3) is 0 Å². The van der Waals surface area contributed by atoms with Crippen LogP contribution in [0.4, 0.5) is 5.69 Å². The summed E-state index contributed by atoms with van der Waals surface area (Å²) >= 11 is 5.95. The van der Waals surface area contributed by atoms with Crippen molar-refractivity contribution >= 4 is 23.2 Å². The molecule has 0 saturated carbocycles. The minimum absolute atomic E-state index is 0.0787. The van der Waals surface area contributed by atoms with Gasteiger partial charge in [-0.3, -0.25) is 14.9 Å². The van der Waals surface area contributed by atoms with Crippen molar-refractivity contribution in [3.8, 4) is 17.2 Å². The molecule has 0 aliphatic rings. The van der Waals surface area contributed by atoms with E-state index in [2.05, 4.69) is 0 Å². The van der Waals surface area contributed by atoms with E-state index in [0.717, 1.165) is 5.56 Å². The van der Waals surface area contributed by atoms with E-state index in [1.54, 1.807) is 21.3 Å². The van der Waals surface area contributed by atoms with Crippen molar-refractivity contribution < 1.29 is 23.9 Å². The molecule has 0 aromatic heterocycles. The second-order valence-electron chi connectivity index (χ2n) is 5.92. The molecule has 0 aliphatic heterocycles. The average molecular weight is 409 g/mol. The molecule has 2 aromatic carbocycles. The van der Waals surface area contributed by atoms with Gasteiger partial charge in [-0.15, -0.1) is 0 Å². The highest BCUT2D eigenvalue weighted by Gasteiger charge is 2.14. The van der Waals surface area contributed by atoms with Crippen LogP contribution in [0.1, 0.15) is 5.56 Å². The Morgan fingerprint density at radius 3 is 2.39 bits per heavy atom. The summed E-state index contributed by atoms with van der Waals surface area (Å²) in [5.41, 5.74) is 0.854. The number of methoxy groups -OCH3 is 2. The number of nitro groups is 1. The van der Waals surface area contributed by atoms with Crippen LogP contribution < -0.4 is 14.2 Å². The Bertz CT molecular complexity index is 858. The molecule has 28 heavy (non-hydrogen) atoms.